The maximum Gasteiger partial charge on any atom is 0.119 e. The third kappa shape index (κ3) is 9.18. The molecule has 0 unspecified atom stereocenters. The molecule has 0 aliphatic heterocycles. The van der Waals surface area contributed by atoms with Gasteiger partial charge in [-0.25, -0.2) is 0 Å². The van der Waals surface area contributed by atoms with Crippen LogP contribution in [0.15, 0.2) is 73.1 Å². The molecule has 1 atom stereocenters. The number of aromatic nitrogens is 2. The minimum absolute atomic E-state index is 0.290. The lowest BCUT2D eigenvalue weighted by molar-refractivity contribution is 0.0981. The van der Waals surface area contributed by atoms with Gasteiger partial charge in [0.25, 0.3) is 0 Å². The number of aliphatic hydroxyl groups excluding tert-OH is 1. The Hall–Kier alpha value is -2.92. The minimum Gasteiger partial charge on any atom is -0.494 e. The van der Waals surface area contributed by atoms with Crippen LogP contribution < -0.4 is 9.47 Å². The molecule has 3 aromatic rings. The summed E-state index contributed by atoms with van der Waals surface area (Å²) in [6.45, 7) is 0.996. The van der Waals surface area contributed by atoms with Crippen molar-refractivity contribution in [2.75, 3.05) is 13.2 Å². The van der Waals surface area contributed by atoms with Gasteiger partial charge in [-0.05, 0) is 93.5 Å². The van der Waals surface area contributed by atoms with Crippen LogP contribution in [0.4, 0.5) is 0 Å². The number of hydrogen-bond acceptors (Lipinski definition) is 5. The van der Waals surface area contributed by atoms with E-state index in [0.29, 0.717) is 19.6 Å². The summed E-state index contributed by atoms with van der Waals surface area (Å²) in [5.41, 5.74) is 2.21. The van der Waals surface area contributed by atoms with Gasteiger partial charge in [0.2, 0.25) is 0 Å². The van der Waals surface area contributed by atoms with Crippen LogP contribution in [0.1, 0.15) is 43.5 Å². The summed E-state index contributed by atoms with van der Waals surface area (Å²) in [7, 11) is 0. The van der Waals surface area contributed by atoms with Crippen LogP contribution in [0, 0.1) is 0 Å². The first-order chi connectivity index (χ1) is 15.3. The van der Waals surface area contributed by atoms with Crippen molar-refractivity contribution in [1.82, 2.24) is 9.97 Å². The highest BCUT2D eigenvalue weighted by Crippen LogP contribution is 2.18. The molecule has 164 valence electrons. The van der Waals surface area contributed by atoms with Gasteiger partial charge in [-0.1, -0.05) is 12.1 Å². The van der Waals surface area contributed by atoms with Crippen LogP contribution in [0.3, 0.4) is 0 Å². The molecule has 0 saturated heterocycles. The minimum atomic E-state index is -0.481. The molecule has 0 aliphatic rings. The second-order valence-corrected chi connectivity index (χ2v) is 7.63. The highest BCUT2D eigenvalue weighted by Gasteiger charge is 2.06. The predicted octanol–water partition coefficient (Wildman–Crippen LogP) is 5.03. The Morgan fingerprint density at radius 1 is 0.677 bits per heavy atom. The molecule has 1 N–H and O–H groups in total. The summed E-state index contributed by atoms with van der Waals surface area (Å²) in [5.74, 6) is 1.58. The number of unbranched alkanes of at least 4 members (excludes halogenated alkanes) is 2. The third-order valence-electron chi connectivity index (χ3n) is 5.03. The van der Waals surface area contributed by atoms with Crippen molar-refractivity contribution in [3.63, 3.8) is 0 Å². The fraction of sp³-hybridized carbons (Fsp3) is 0.385. The Balaban J connectivity index is 1.24. The number of hydrogen-bond donors (Lipinski definition) is 1. The largest absolute Gasteiger partial charge is 0.494 e. The Bertz CT molecular complexity index is 842. The predicted molar refractivity (Wildman–Crippen MR) is 122 cm³/mol. The Morgan fingerprint density at radius 2 is 1.29 bits per heavy atom. The molecule has 3 rings (SSSR count). The fourth-order valence-corrected chi connectivity index (χ4v) is 3.29. The van der Waals surface area contributed by atoms with Crippen molar-refractivity contribution >= 4 is 0 Å². The average molecular weight is 421 g/mol. The zero-order valence-electron chi connectivity index (χ0n) is 18.0. The van der Waals surface area contributed by atoms with E-state index >= 15 is 0 Å². The monoisotopic (exact) mass is 420 g/mol. The lowest BCUT2D eigenvalue weighted by atomic mass is 10.1. The van der Waals surface area contributed by atoms with Gasteiger partial charge in [-0.2, -0.15) is 0 Å². The van der Waals surface area contributed by atoms with Crippen molar-refractivity contribution in [2.24, 2.45) is 0 Å². The first-order valence-corrected chi connectivity index (χ1v) is 11.1. The van der Waals surface area contributed by atoms with Gasteiger partial charge in [0.05, 0.1) is 12.7 Å². The molecule has 0 spiro atoms. The molecule has 0 saturated carbocycles. The number of aliphatic hydroxyl groups is 1. The van der Waals surface area contributed by atoms with E-state index in [1.165, 1.54) is 0 Å². The number of ether oxygens (including phenoxy) is 2. The molecule has 0 fully saturated rings. The van der Waals surface area contributed by atoms with E-state index in [1.54, 1.807) is 6.20 Å². The second-order valence-electron chi connectivity index (χ2n) is 7.63. The van der Waals surface area contributed by atoms with Gasteiger partial charge in [-0.3, -0.25) is 9.97 Å². The van der Waals surface area contributed by atoms with Crippen LogP contribution in [-0.2, 0) is 12.8 Å². The molecule has 0 radical (unpaired) electrons. The van der Waals surface area contributed by atoms with E-state index in [0.717, 1.165) is 61.4 Å². The van der Waals surface area contributed by atoms with Gasteiger partial charge >= 0.3 is 0 Å². The van der Waals surface area contributed by atoms with Crippen molar-refractivity contribution < 1.29 is 14.6 Å². The molecular formula is C26H32N2O3. The van der Waals surface area contributed by atoms with Crippen LogP contribution in [0.5, 0.6) is 11.5 Å². The molecule has 0 bridgehead atoms. The molecular weight excluding hydrogens is 388 g/mol. The second kappa shape index (κ2) is 13.4. The van der Waals surface area contributed by atoms with Gasteiger partial charge in [0.15, 0.2) is 0 Å². The van der Waals surface area contributed by atoms with E-state index in [9.17, 15) is 5.11 Å². The van der Waals surface area contributed by atoms with Crippen molar-refractivity contribution in [1.29, 1.82) is 0 Å². The first kappa shape index (κ1) is 22.8. The van der Waals surface area contributed by atoms with E-state index in [1.807, 2.05) is 60.8 Å². The Kier molecular flexibility index (Phi) is 9.83. The number of nitrogens with zero attached hydrogens (tertiary/aromatic N) is 2. The fourth-order valence-electron chi connectivity index (χ4n) is 3.29. The van der Waals surface area contributed by atoms with Gasteiger partial charge in [-0.15, -0.1) is 0 Å². The van der Waals surface area contributed by atoms with Gasteiger partial charge in [0, 0.05) is 23.8 Å². The maximum absolute atomic E-state index is 10.1. The molecule has 0 aliphatic carbocycles. The lowest BCUT2D eigenvalue weighted by Crippen LogP contribution is -2.17. The molecule has 5 heteroatoms. The van der Waals surface area contributed by atoms with Gasteiger partial charge in [0.1, 0.15) is 18.1 Å². The number of aryl methyl sites for hydroxylation is 2. The Labute approximate surface area is 185 Å². The average Bonchev–Trinajstić information content (AvgIpc) is 2.82. The maximum atomic E-state index is 10.1. The molecule has 2 aromatic heterocycles. The smallest absolute Gasteiger partial charge is 0.119 e. The summed E-state index contributed by atoms with van der Waals surface area (Å²) in [6.07, 6.45) is 9.89. The number of rotatable bonds is 14. The number of pyridine rings is 2. The molecule has 2 heterocycles. The highest BCUT2D eigenvalue weighted by atomic mass is 16.5. The number of benzene rings is 1. The normalized spacial score (nSPS) is 11.8. The molecule has 1 aromatic carbocycles. The van der Waals surface area contributed by atoms with E-state index < -0.39 is 6.10 Å². The summed E-state index contributed by atoms with van der Waals surface area (Å²) in [4.78, 5) is 8.64. The topological polar surface area (TPSA) is 64.5 Å². The highest BCUT2D eigenvalue weighted by molar-refractivity contribution is 5.31. The quantitative estimate of drug-likeness (QED) is 0.371. The summed E-state index contributed by atoms with van der Waals surface area (Å²) >= 11 is 0. The van der Waals surface area contributed by atoms with Crippen molar-refractivity contribution in [2.45, 2.75) is 51.0 Å². The molecule has 31 heavy (non-hydrogen) atoms. The summed E-state index contributed by atoms with van der Waals surface area (Å²) in [5, 5.41) is 10.1. The van der Waals surface area contributed by atoms with Crippen LogP contribution in [0.25, 0.3) is 0 Å². The van der Waals surface area contributed by atoms with E-state index in [4.69, 9.17) is 9.47 Å². The summed E-state index contributed by atoms with van der Waals surface area (Å²) in [6, 6.07) is 19.5. The molecule has 5 nitrogen and oxygen atoms in total. The van der Waals surface area contributed by atoms with Gasteiger partial charge < -0.3 is 14.6 Å². The lowest BCUT2D eigenvalue weighted by Gasteiger charge is -2.13. The van der Waals surface area contributed by atoms with Crippen molar-refractivity contribution in [3.05, 3.63) is 84.4 Å². The van der Waals surface area contributed by atoms with Crippen LogP contribution >= 0.6 is 0 Å². The SMILES string of the molecule is O[C@H](CCCc1ccccn1)COc1ccc(OCCCCCc2ccccn2)cc1. The Morgan fingerprint density at radius 3 is 1.90 bits per heavy atom. The van der Waals surface area contributed by atoms with E-state index in [2.05, 4.69) is 16.0 Å². The first-order valence-electron chi connectivity index (χ1n) is 11.1. The van der Waals surface area contributed by atoms with Crippen molar-refractivity contribution in [3.8, 4) is 11.5 Å². The molecule has 0 amide bonds. The summed E-state index contributed by atoms with van der Waals surface area (Å²) < 4.78 is 11.5. The third-order valence-corrected chi connectivity index (χ3v) is 5.03. The standard InChI is InChI=1S/C26H32N2O3/c29-24(13-8-12-23-11-4-6-19-28-23)21-31-26-16-14-25(15-17-26)30-20-7-1-2-9-22-10-3-5-18-27-22/h3-6,10-11,14-19,24,29H,1-2,7-9,12-13,20-21H2/t24-/m1/s1. The van der Waals surface area contributed by atoms with Crippen LogP contribution in [-0.4, -0.2) is 34.4 Å². The zero-order chi connectivity index (χ0) is 21.6. The van der Waals surface area contributed by atoms with Crippen LogP contribution in [0.2, 0.25) is 0 Å². The zero-order valence-corrected chi connectivity index (χ0v) is 18.0. The van der Waals surface area contributed by atoms with E-state index in [-0.39, 0.29) is 0 Å².